The molecule has 0 radical (unpaired) electrons. The number of carboxylic acids is 1. The Morgan fingerprint density at radius 3 is 2.56 bits per heavy atom. The van der Waals surface area contributed by atoms with Gasteiger partial charge in [-0.15, -0.1) is 11.3 Å². The van der Waals surface area contributed by atoms with E-state index in [0.29, 0.717) is 22.4 Å². The molecule has 0 aliphatic heterocycles. The Hall–Kier alpha value is -2.41. The van der Waals surface area contributed by atoms with E-state index in [2.05, 4.69) is 4.98 Å². The molecule has 3 nitrogen and oxygen atoms in total. The zero-order valence-electron chi connectivity index (χ0n) is 14.5. The number of rotatable bonds is 3. The van der Waals surface area contributed by atoms with Gasteiger partial charge in [-0.3, -0.25) is 4.79 Å². The van der Waals surface area contributed by atoms with Crippen LogP contribution in [0.3, 0.4) is 0 Å². The third-order valence-corrected chi connectivity index (χ3v) is 6.18. The molecule has 0 fully saturated rings. The summed E-state index contributed by atoms with van der Waals surface area (Å²) in [7, 11) is 0. The smallest absolute Gasteiger partial charge is 0.416 e. The first-order chi connectivity index (χ1) is 12.8. The van der Waals surface area contributed by atoms with Crippen molar-refractivity contribution in [2.75, 3.05) is 0 Å². The van der Waals surface area contributed by atoms with Crippen LogP contribution in [0.25, 0.3) is 21.3 Å². The van der Waals surface area contributed by atoms with Crippen molar-refractivity contribution >= 4 is 27.5 Å². The molecule has 1 aromatic carbocycles. The molecular weight excluding hydrogens is 375 g/mol. The first-order valence-electron chi connectivity index (χ1n) is 8.59. The summed E-state index contributed by atoms with van der Waals surface area (Å²) in [4.78, 5) is 18.1. The number of aliphatic carboxylic acids is 1. The number of pyridine rings is 1. The summed E-state index contributed by atoms with van der Waals surface area (Å²) in [6.07, 6.45) is -1.73. The zero-order chi connectivity index (χ0) is 19.3. The number of hydrogen-bond donors (Lipinski definition) is 1. The molecule has 140 valence electrons. The predicted octanol–water partition coefficient (Wildman–Crippen LogP) is 5.41. The zero-order valence-corrected chi connectivity index (χ0v) is 15.3. The minimum absolute atomic E-state index is 0.213. The predicted molar refractivity (Wildman–Crippen MR) is 98.2 cm³/mol. The van der Waals surface area contributed by atoms with Gasteiger partial charge in [-0.05, 0) is 60.6 Å². The Morgan fingerprint density at radius 1 is 1.22 bits per heavy atom. The molecule has 2 aromatic heterocycles. The number of alkyl halides is 3. The fourth-order valence-corrected chi connectivity index (χ4v) is 5.11. The Bertz CT molecular complexity index is 1050. The maximum atomic E-state index is 12.9. The molecule has 27 heavy (non-hydrogen) atoms. The second-order valence-corrected chi connectivity index (χ2v) is 7.82. The van der Waals surface area contributed by atoms with Crippen molar-refractivity contribution in [1.82, 2.24) is 4.98 Å². The standard InChI is InChI=1S/C20H16F3NO2S/c1-10-14(9-16(25)26)17(11-5-7-12(8-6-11)20(21,22)23)18-13-3-2-4-15(13)27-19(18)24-10/h5-8H,2-4,9H2,1H3,(H,25,26). The number of halogens is 3. The third-order valence-electron chi connectivity index (χ3n) is 4.99. The van der Waals surface area contributed by atoms with Gasteiger partial charge in [0.15, 0.2) is 0 Å². The second kappa shape index (κ2) is 6.34. The minimum Gasteiger partial charge on any atom is -0.481 e. The summed E-state index contributed by atoms with van der Waals surface area (Å²) in [6, 6.07) is 4.96. The molecular formula is C20H16F3NO2S. The minimum atomic E-state index is -4.41. The lowest BCUT2D eigenvalue weighted by Crippen LogP contribution is -2.07. The molecule has 0 bridgehead atoms. The summed E-state index contributed by atoms with van der Waals surface area (Å²) in [5.74, 6) is -0.987. The van der Waals surface area contributed by atoms with Crippen molar-refractivity contribution in [3.8, 4) is 11.1 Å². The maximum Gasteiger partial charge on any atom is 0.416 e. The van der Waals surface area contributed by atoms with Gasteiger partial charge in [-0.25, -0.2) is 4.98 Å². The van der Waals surface area contributed by atoms with Crippen LogP contribution >= 0.6 is 11.3 Å². The average Bonchev–Trinajstić information content (AvgIpc) is 3.15. The number of thiophene rings is 1. The van der Waals surface area contributed by atoms with Crippen molar-refractivity contribution in [2.24, 2.45) is 0 Å². The monoisotopic (exact) mass is 391 g/mol. The molecule has 0 amide bonds. The van der Waals surface area contributed by atoms with Crippen LogP contribution in [-0.2, 0) is 30.2 Å². The van der Waals surface area contributed by atoms with Crippen molar-refractivity contribution in [3.63, 3.8) is 0 Å². The molecule has 0 unspecified atom stereocenters. The van der Waals surface area contributed by atoms with Gasteiger partial charge in [-0.2, -0.15) is 13.2 Å². The highest BCUT2D eigenvalue weighted by molar-refractivity contribution is 7.19. The summed E-state index contributed by atoms with van der Waals surface area (Å²) < 4.78 is 38.8. The number of benzene rings is 1. The molecule has 0 atom stereocenters. The lowest BCUT2D eigenvalue weighted by Gasteiger charge is -2.15. The van der Waals surface area contributed by atoms with Gasteiger partial charge in [0.05, 0.1) is 12.0 Å². The van der Waals surface area contributed by atoms with Gasteiger partial charge in [-0.1, -0.05) is 12.1 Å². The number of carbonyl (C=O) groups is 1. The van der Waals surface area contributed by atoms with Crippen LogP contribution in [0, 0.1) is 6.92 Å². The maximum absolute atomic E-state index is 12.9. The van der Waals surface area contributed by atoms with Crippen LogP contribution in [0.4, 0.5) is 13.2 Å². The number of aryl methyl sites for hydroxylation is 3. The third kappa shape index (κ3) is 3.10. The molecule has 2 heterocycles. The summed E-state index contributed by atoms with van der Waals surface area (Å²) >= 11 is 1.61. The van der Waals surface area contributed by atoms with Crippen molar-refractivity contribution < 1.29 is 23.1 Å². The lowest BCUT2D eigenvalue weighted by molar-refractivity contribution is -0.138. The van der Waals surface area contributed by atoms with E-state index in [1.807, 2.05) is 0 Å². The van der Waals surface area contributed by atoms with Crippen LogP contribution < -0.4 is 0 Å². The van der Waals surface area contributed by atoms with E-state index < -0.39 is 17.7 Å². The van der Waals surface area contributed by atoms with E-state index in [9.17, 15) is 23.1 Å². The van der Waals surface area contributed by atoms with Gasteiger partial charge in [0, 0.05) is 16.0 Å². The van der Waals surface area contributed by atoms with E-state index in [-0.39, 0.29) is 6.42 Å². The Morgan fingerprint density at radius 2 is 1.93 bits per heavy atom. The Balaban J connectivity index is 2.00. The van der Waals surface area contributed by atoms with Gasteiger partial charge in [0.1, 0.15) is 4.83 Å². The highest BCUT2D eigenvalue weighted by atomic mass is 32.1. The van der Waals surface area contributed by atoms with E-state index in [1.54, 1.807) is 18.3 Å². The number of nitrogens with zero attached hydrogens (tertiary/aromatic N) is 1. The largest absolute Gasteiger partial charge is 0.481 e. The molecule has 7 heteroatoms. The van der Waals surface area contributed by atoms with E-state index in [0.717, 1.165) is 41.6 Å². The highest BCUT2D eigenvalue weighted by Crippen LogP contribution is 2.44. The molecule has 3 aromatic rings. The SMILES string of the molecule is Cc1nc2sc3c(c2c(-c2ccc(C(F)(F)F)cc2)c1CC(=O)O)CCC3. The van der Waals surface area contributed by atoms with E-state index in [1.165, 1.54) is 22.6 Å². The Labute approximate surface area is 157 Å². The first-order valence-corrected chi connectivity index (χ1v) is 9.40. The summed E-state index contributed by atoms with van der Waals surface area (Å²) in [5.41, 5.74) is 2.95. The molecule has 1 aliphatic carbocycles. The molecule has 0 saturated carbocycles. The topological polar surface area (TPSA) is 50.2 Å². The number of aromatic nitrogens is 1. The quantitative estimate of drug-likeness (QED) is 0.650. The van der Waals surface area contributed by atoms with Crippen molar-refractivity contribution in [3.05, 3.63) is 51.5 Å². The number of carboxylic acid groups (broad SMARTS) is 1. The molecule has 0 saturated heterocycles. The van der Waals surface area contributed by atoms with Gasteiger partial charge >= 0.3 is 12.1 Å². The number of hydrogen-bond acceptors (Lipinski definition) is 3. The van der Waals surface area contributed by atoms with Crippen LogP contribution in [0.2, 0.25) is 0 Å². The van der Waals surface area contributed by atoms with Gasteiger partial charge in [0.2, 0.25) is 0 Å². The van der Waals surface area contributed by atoms with Crippen molar-refractivity contribution in [2.45, 2.75) is 38.8 Å². The Kier molecular flexibility index (Phi) is 4.22. The van der Waals surface area contributed by atoms with E-state index in [4.69, 9.17) is 0 Å². The second-order valence-electron chi connectivity index (χ2n) is 6.73. The van der Waals surface area contributed by atoms with Crippen LogP contribution in [-0.4, -0.2) is 16.1 Å². The lowest BCUT2D eigenvalue weighted by atomic mass is 9.92. The summed E-state index contributed by atoms with van der Waals surface area (Å²) in [6.45, 7) is 1.76. The average molecular weight is 391 g/mol. The van der Waals surface area contributed by atoms with Gasteiger partial charge in [0.25, 0.3) is 0 Å². The molecule has 0 spiro atoms. The number of fused-ring (bicyclic) bond motifs is 3. The van der Waals surface area contributed by atoms with E-state index >= 15 is 0 Å². The van der Waals surface area contributed by atoms with Crippen LogP contribution in [0.15, 0.2) is 24.3 Å². The first kappa shape index (κ1) is 18.0. The van der Waals surface area contributed by atoms with Crippen LogP contribution in [0.1, 0.15) is 33.7 Å². The molecule has 1 aliphatic rings. The molecule has 1 N–H and O–H groups in total. The molecule has 4 rings (SSSR count). The van der Waals surface area contributed by atoms with Crippen LogP contribution in [0.5, 0.6) is 0 Å². The van der Waals surface area contributed by atoms with Gasteiger partial charge < -0.3 is 5.11 Å². The van der Waals surface area contributed by atoms with Crippen molar-refractivity contribution in [1.29, 1.82) is 0 Å². The fourth-order valence-electron chi connectivity index (χ4n) is 3.79. The summed E-state index contributed by atoms with van der Waals surface area (Å²) in [5, 5.41) is 10.3. The normalized spacial score (nSPS) is 13.9. The highest BCUT2D eigenvalue weighted by Gasteiger charge is 2.31. The fraction of sp³-hybridized carbons (Fsp3) is 0.300.